The van der Waals surface area contributed by atoms with E-state index in [0.717, 1.165) is 31.5 Å². The number of thiophene rings is 1. The molecule has 0 aromatic carbocycles. The summed E-state index contributed by atoms with van der Waals surface area (Å²) in [5.74, 6) is 1.59. The molecule has 0 unspecified atom stereocenters. The number of nitrogens with one attached hydrogen (secondary N) is 1. The fourth-order valence-electron chi connectivity index (χ4n) is 3.88. The molecule has 0 spiro atoms. The minimum atomic E-state index is -0.426. The van der Waals surface area contributed by atoms with Crippen LogP contribution in [-0.2, 0) is 0 Å². The van der Waals surface area contributed by atoms with Crippen molar-refractivity contribution < 1.29 is 9.90 Å². The summed E-state index contributed by atoms with van der Waals surface area (Å²) in [6, 6.07) is 1.83. The molecule has 4 rings (SSSR count). The van der Waals surface area contributed by atoms with Crippen molar-refractivity contribution in [1.82, 2.24) is 14.9 Å². The second-order valence-electron chi connectivity index (χ2n) is 6.62. The van der Waals surface area contributed by atoms with E-state index in [-0.39, 0.29) is 11.9 Å². The molecule has 0 bridgehead atoms. The first-order chi connectivity index (χ1) is 11.7. The van der Waals surface area contributed by atoms with Gasteiger partial charge in [0.1, 0.15) is 5.82 Å². The SMILES string of the molecule is O=C(c1ccsc1)N1C[C@H]2C[C@@H](Nc3cnccn3)[C@H](O)C[C@H]2C1. The molecule has 126 valence electrons. The van der Waals surface area contributed by atoms with E-state index in [1.807, 2.05) is 21.7 Å². The Morgan fingerprint density at radius 2 is 2.12 bits per heavy atom. The van der Waals surface area contributed by atoms with Crippen LogP contribution in [0.3, 0.4) is 0 Å². The van der Waals surface area contributed by atoms with Crippen LogP contribution in [0.2, 0.25) is 0 Å². The second kappa shape index (κ2) is 6.49. The van der Waals surface area contributed by atoms with Crippen LogP contribution in [-0.4, -0.2) is 51.1 Å². The lowest BCUT2D eigenvalue weighted by molar-refractivity contribution is 0.0727. The lowest BCUT2D eigenvalue weighted by atomic mass is 9.77. The number of rotatable bonds is 3. The molecule has 7 heteroatoms. The fourth-order valence-corrected chi connectivity index (χ4v) is 4.51. The highest BCUT2D eigenvalue weighted by molar-refractivity contribution is 7.08. The van der Waals surface area contributed by atoms with Gasteiger partial charge in [-0.15, -0.1) is 0 Å². The van der Waals surface area contributed by atoms with E-state index in [9.17, 15) is 9.90 Å². The van der Waals surface area contributed by atoms with Gasteiger partial charge >= 0.3 is 0 Å². The average molecular weight is 344 g/mol. The van der Waals surface area contributed by atoms with E-state index in [1.165, 1.54) is 0 Å². The fraction of sp³-hybridized carbons (Fsp3) is 0.471. The number of aliphatic hydroxyl groups excluding tert-OH is 1. The molecule has 2 aliphatic rings. The van der Waals surface area contributed by atoms with E-state index in [4.69, 9.17) is 0 Å². The molecule has 2 fully saturated rings. The van der Waals surface area contributed by atoms with Crippen molar-refractivity contribution in [2.45, 2.75) is 25.0 Å². The predicted octanol–water partition coefficient (Wildman–Crippen LogP) is 1.86. The van der Waals surface area contributed by atoms with Crippen molar-refractivity contribution in [2.75, 3.05) is 18.4 Å². The van der Waals surface area contributed by atoms with Crippen LogP contribution < -0.4 is 5.32 Å². The van der Waals surface area contributed by atoms with Crippen LogP contribution in [0.5, 0.6) is 0 Å². The third-order valence-electron chi connectivity index (χ3n) is 5.09. The highest BCUT2D eigenvalue weighted by Crippen LogP contribution is 2.38. The number of hydrogen-bond donors (Lipinski definition) is 2. The molecule has 24 heavy (non-hydrogen) atoms. The smallest absolute Gasteiger partial charge is 0.254 e. The zero-order chi connectivity index (χ0) is 16.5. The van der Waals surface area contributed by atoms with Crippen molar-refractivity contribution >= 4 is 23.1 Å². The number of fused-ring (bicyclic) bond motifs is 1. The minimum Gasteiger partial charge on any atom is -0.391 e. The van der Waals surface area contributed by atoms with Gasteiger partial charge in [-0.05, 0) is 36.1 Å². The molecule has 2 aromatic rings. The Kier molecular flexibility index (Phi) is 4.20. The number of aliphatic hydroxyl groups is 1. The van der Waals surface area contributed by atoms with Crippen LogP contribution in [0.1, 0.15) is 23.2 Å². The normalized spacial score (nSPS) is 29.3. The number of hydrogen-bond acceptors (Lipinski definition) is 6. The molecule has 1 saturated carbocycles. The Hall–Kier alpha value is -1.99. The largest absolute Gasteiger partial charge is 0.391 e. The Morgan fingerprint density at radius 1 is 1.29 bits per heavy atom. The van der Waals surface area contributed by atoms with Crippen molar-refractivity contribution in [3.05, 3.63) is 41.0 Å². The van der Waals surface area contributed by atoms with Gasteiger partial charge in [0.2, 0.25) is 0 Å². The zero-order valence-corrected chi connectivity index (χ0v) is 14.0. The summed E-state index contributed by atoms with van der Waals surface area (Å²) in [4.78, 5) is 22.7. The molecule has 2 N–H and O–H groups in total. The average Bonchev–Trinajstić information content (AvgIpc) is 3.25. The van der Waals surface area contributed by atoms with Gasteiger partial charge < -0.3 is 15.3 Å². The number of anilines is 1. The van der Waals surface area contributed by atoms with Gasteiger partial charge in [0.05, 0.1) is 23.9 Å². The minimum absolute atomic E-state index is 0.0425. The predicted molar refractivity (Wildman–Crippen MR) is 91.9 cm³/mol. The highest BCUT2D eigenvalue weighted by atomic mass is 32.1. The molecule has 3 heterocycles. The van der Waals surface area contributed by atoms with Gasteiger partial charge in [0.15, 0.2) is 0 Å². The first kappa shape index (κ1) is 15.5. The molecule has 0 radical (unpaired) electrons. The third kappa shape index (κ3) is 3.01. The summed E-state index contributed by atoms with van der Waals surface area (Å²) >= 11 is 1.54. The van der Waals surface area contributed by atoms with E-state index in [1.54, 1.807) is 29.9 Å². The van der Waals surface area contributed by atoms with E-state index in [2.05, 4.69) is 15.3 Å². The second-order valence-corrected chi connectivity index (χ2v) is 7.40. The summed E-state index contributed by atoms with van der Waals surface area (Å²) < 4.78 is 0. The lowest BCUT2D eigenvalue weighted by Crippen LogP contribution is -2.43. The highest BCUT2D eigenvalue weighted by Gasteiger charge is 2.43. The van der Waals surface area contributed by atoms with Crippen LogP contribution in [0.25, 0.3) is 0 Å². The Labute approximate surface area is 144 Å². The molecule has 1 aliphatic heterocycles. The number of likely N-dealkylation sites (tertiary alicyclic amines) is 1. The zero-order valence-electron chi connectivity index (χ0n) is 13.2. The third-order valence-corrected chi connectivity index (χ3v) is 5.78. The summed E-state index contributed by atoms with van der Waals surface area (Å²) in [7, 11) is 0. The Bertz CT molecular complexity index is 694. The summed E-state index contributed by atoms with van der Waals surface area (Å²) in [5.41, 5.74) is 0.772. The number of amides is 1. The maximum Gasteiger partial charge on any atom is 0.254 e. The van der Waals surface area contributed by atoms with Gasteiger partial charge in [-0.2, -0.15) is 11.3 Å². The molecule has 2 aromatic heterocycles. The molecular formula is C17H20N4O2S. The van der Waals surface area contributed by atoms with Crippen LogP contribution >= 0.6 is 11.3 Å². The van der Waals surface area contributed by atoms with Crippen molar-refractivity contribution in [2.24, 2.45) is 11.8 Å². The number of aromatic nitrogens is 2. The maximum absolute atomic E-state index is 12.5. The Morgan fingerprint density at radius 3 is 2.83 bits per heavy atom. The number of carbonyl (C=O) groups excluding carboxylic acids is 1. The van der Waals surface area contributed by atoms with Crippen LogP contribution in [0.4, 0.5) is 5.82 Å². The topological polar surface area (TPSA) is 78.4 Å². The van der Waals surface area contributed by atoms with Gasteiger partial charge in [-0.3, -0.25) is 9.78 Å². The number of nitrogens with zero attached hydrogens (tertiary/aromatic N) is 3. The Balaban J connectivity index is 1.42. The lowest BCUT2D eigenvalue weighted by Gasteiger charge is -2.35. The standard InChI is InChI=1S/C17H20N4O2S/c22-15-6-13-9-21(17(23)11-1-4-24-10-11)8-12(13)5-14(15)20-16-7-18-2-3-19-16/h1-4,7,10,12-15,22H,5-6,8-9H2,(H,19,20)/t12-,13+,14-,15-/m1/s1. The summed E-state index contributed by atoms with van der Waals surface area (Å²) in [5, 5.41) is 17.6. The molecule has 1 amide bonds. The van der Waals surface area contributed by atoms with Crippen LogP contribution in [0.15, 0.2) is 35.4 Å². The summed E-state index contributed by atoms with van der Waals surface area (Å²) in [6.07, 6.45) is 6.07. The molecule has 6 nitrogen and oxygen atoms in total. The molecular weight excluding hydrogens is 324 g/mol. The van der Waals surface area contributed by atoms with Crippen molar-refractivity contribution in [3.63, 3.8) is 0 Å². The maximum atomic E-state index is 12.5. The van der Waals surface area contributed by atoms with Crippen molar-refractivity contribution in [1.29, 1.82) is 0 Å². The first-order valence-corrected chi connectivity index (χ1v) is 9.17. The van der Waals surface area contributed by atoms with Crippen molar-refractivity contribution in [3.8, 4) is 0 Å². The van der Waals surface area contributed by atoms with E-state index in [0.29, 0.717) is 17.7 Å². The first-order valence-electron chi connectivity index (χ1n) is 8.23. The number of carbonyl (C=O) groups is 1. The quantitative estimate of drug-likeness (QED) is 0.889. The van der Waals surface area contributed by atoms with Gasteiger partial charge in [-0.25, -0.2) is 4.98 Å². The molecule has 1 aliphatic carbocycles. The van der Waals surface area contributed by atoms with E-state index >= 15 is 0 Å². The van der Waals surface area contributed by atoms with Gasteiger partial charge in [0, 0.05) is 30.9 Å². The monoisotopic (exact) mass is 344 g/mol. The van der Waals surface area contributed by atoms with E-state index < -0.39 is 6.10 Å². The molecule has 1 saturated heterocycles. The van der Waals surface area contributed by atoms with Crippen LogP contribution in [0, 0.1) is 11.8 Å². The summed E-state index contributed by atoms with van der Waals surface area (Å²) in [6.45, 7) is 1.51. The molecule has 4 atom stereocenters. The van der Waals surface area contributed by atoms with Gasteiger partial charge in [0.25, 0.3) is 5.91 Å². The van der Waals surface area contributed by atoms with Gasteiger partial charge in [-0.1, -0.05) is 0 Å².